The number of nitrogens with zero attached hydrogens (tertiary/aromatic N) is 1. The van der Waals surface area contributed by atoms with Crippen molar-refractivity contribution in [3.8, 4) is 0 Å². The standard InChI is InChI=1S/C10H21N3O2/c1-5-6-11-9(14)7-12-8(2)10(15)13(3)4/h8,12H,5-7H2,1-4H3,(H,11,14). The van der Waals surface area contributed by atoms with Gasteiger partial charge in [-0.15, -0.1) is 0 Å². The van der Waals surface area contributed by atoms with Crippen LogP contribution < -0.4 is 10.6 Å². The van der Waals surface area contributed by atoms with Crippen molar-refractivity contribution in [1.29, 1.82) is 0 Å². The molecule has 0 radical (unpaired) electrons. The highest BCUT2D eigenvalue weighted by atomic mass is 16.2. The highest BCUT2D eigenvalue weighted by Gasteiger charge is 2.14. The second-order valence-corrected chi connectivity index (χ2v) is 3.69. The lowest BCUT2D eigenvalue weighted by molar-refractivity contribution is -0.130. The summed E-state index contributed by atoms with van der Waals surface area (Å²) in [6, 6.07) is -0.327. The molecule has 2 amide bonds. The van der Waals surface area contributed by atoms with Gasteiger partial charge in [-0.1, -0.05) is 6.92 Å². The Morgan fingerprint density at radius 1 is 1.33 bits per heavy atom. The van der Waals surface area contributed by atoms with Crippen LogP contribution in [-0.4, -0.2) is 49.9 Å². The first kappa shape index (κ1) is 13.9. The minimum Gasteiger partial charge on any atom is -0.355 e. The molecule has 0 aromatic heterocycles. The van der Waals surface area contributed by atoms with E-state index in [-0.39, 0.29) is 24.4 Å². The van der Waals surface area contributed by atoms with Crippen molar-refractivity contribution >= 4 is 11.8 Å². The van der Waals surface area contributed by atoms with Gasteiger partial charge in [-0.25, -0.2) is 0 Å². The van der Waals surface area contributed by atoms with Crippen LogP contribution in [0.1, 0.15) is 20.3 Å². The molecule has 2 N–H and O–H groups in total. The average molecular weight is 215 g/mol. The monoisotopic (exact) mass is 215 g/mol. The topological polar surface area (TPSA) is 61.4 Å². The second-order valence-electron chi connectivity index (χ2n) is 3.69. The number of likely N-dealkylation sites (N-methyl/N-ethyl adjacent to an activating group) is 1. The molecule has 0 heterocycles. The fraction of sp³-hybridized carbons (Fsp3) is 0.800. The van der Waals surface area contributed by atoms with Crippen LogP contribution in [0, 0.1) is 0 Å². The molecule has 1 unspecified atom stereocenters. The van der Waals surface area contributed by atoms with E-state index in [2.05, 4.69) is 10.6 Å². The lowest BCUT2D eigenvalue weighted by atomic mass is 10.3. The second kappa shape index (κ2) is 7.23. The summed E-state index contributed by atoms with van der Waals surface area (Å²) < 4.78 is 0. The lowest BCUT2D eigenvalue weighted by Gasteiger charge is -2.17. The smallest absolute Gasteiger partial charge is 0.238 e. The highest BCUT2D eigenvalue weighted by Crippen LogP contribution is 1.87. The minimum absolute atomic E-state index is 0.0294. The van der Waals surface area contributed by atoms with Gasteiger partial charge < -0.3 is 10.2 Å². The molecule has 0 aliphatic carbocycles. The Morgan fingerprint density at radius 3 is 2.40 bits per heavy atom. The van der Waals surface area contributed by atoms with Crippen LogP contribution in [0.15, 0.2) is 0 Å². The van der Waals surface area contributed by atoms with Crippen molar-refractivity contribution < 1.29 is 9.59 Å². The molecule has 0 saturated heterocycles. The van der Waals surface area contributed by atoms with Gasteiger partial charge in [0.25, 0.3) is 0 Å². The molecule has 0 aliphatic rings. The first-order valence-corrected chi connectivity index (χ1v) is 5.20. The van der Waals surface area contributed by atoms with E-state index in [0.29, 0.717) is 6.54 Å². The average Bonchev–Trinajstić information content (AvgIpc) is 2.21. The Bertz CT molecular complexity index is 217. The molecule has 88 valence electrons. The number of rotatable bonds is 6. The van der Waals surface area contributed by atoms with Crippen molar-refractivity contribution in [2.45, 2.75) is 26.3 Å². The number of hydrogen-bond acceptors (Lipinski definition) is 3. The maximum atomic E-state index is 11.4. The summed E-state index contributed by atoms with van der Waals surface area (Å²) in [5.41, 5.74) is 0. The molecule has 0 aliphatic heterocycles. The summed E-state index contributed by atoms with van der Waals surface area (Å²) in [5, 5.41) is 5.60. The van der Waals surface area contributed by atoms with E-state index in [1.165, 1.54) is 4.90 Å². The van der Waals surface area contributed by atoms with Crippen molar-refractivity contribution in [2.75, 3.05) is 27.2 Å². The van der Waals surface area contributed by atoms with Gasteiger partial charge in [0.05, 0.1) is 12.6 Å². The van der Waals surface area contributed by atoms with Crippen molar-refractivity contribution in [2.24, 2.45) is 0 Å². The molecule has 5 nitrogen and oxygen atoms in total. The molecule has 0 aromatic rings. The Labute approximate surface area is 91.2 Å². The maximum absolute atomic E-state index is 11.4. The number of nitrogens with one attached hydrogen (secondary N) is 2. The Hall–Kier alpha value is -1.10. The molecule has 0 fully saturated rings. The first-order chi connectivity index (χ1) is 6.99. The fourth-order valence-electron chi connectivity index (χ4n) is 1.05. The van der Waals surface area contributed by atoms with E-state index < -0.39 is 0 Å². The summed E-state index contributed by atoms with van der Waals surface area (Å²) in [4.78, 5) is 24.1. The van der Waals surface area contributed by atoms with E-state index >= 15 is 0 Å². The summed E-state index contributed by atoms with van der Waals surface area (Å²) in [5.74, 6) is -0.103. The lowest BCUT2D eigenvalue weighted by Crippen LogP contribution is -2.45. The van der Waals surface area contributed by atoms with Crippen LogP contribution in [0.4, 0.5) is 0 Å². The van der Waals surface area contributed by atoms with Gasteiger partial charge in [0.2, 0.25) is 11.8 Å². The normalized spacial score (nSPS) is 12.0. The zero-order chi connectivity index (χ0) is 11.8. The first-order valence-electron chi connectivity index (χ1n) is 5.20. The Kier molecular flexibility index (Phi) is 6.70. The summed E-state index contributed by atoms with van der Waals surface area (Å²) in [6.07, 6.45) is 0.915. The fourth-order valence-corrected chi connectivity index (χ4v) is 1.05. The quantitative estimate of drug-likeness (QED) is 0.632. The predicted octanol–water partition coefficient (Wildman–Crippen LogP) is -0.421. The summed E-state index contributed by atoms with van der Waals surface area (Å²) >= 11 is 0. The molecule has 0 spiro atoms. The zero-order valence-corrected chi connectivity index (χ0v) is 9.96. The number of carbonyl (C=O) groups is 2. The van der Waals surface area contributed by atoms with E-state index in [1.807, 2.05) is 6.92 Å². The molecule has 1 atom stereocenters. The summed E-state index contributed by atoms with van der Waals surface area (Å²) in [6.45, 7) is 4.60. The van der Waals surface area contributed by atoms with E-state index in [0.717, 1.165) is 6.42 Å². The third-order valence-corrected chi connectivity index (χ3v) is 1.95. The summed E-state index contributed by atoms with van der Waals surface area (Å²) in [7, 11) is 3.38. The van der Waals surface area contributed by atoms with Gasteiger partial charge in [-0.2, -0.15) is 0 Å². The third-order valence-electron chi connectivity index (χ3n) is 1.95. The van der Waals surface area contributed by atoms with Gasteiger partial charge in [-0.3, -0.25) is 14.9 Å². The molecule has 15 heavy (non-hydrogen) atoms. The zero-order valence-electron chi connectivity index (χ0n) is 9.96. The van der Waals surface area contributed by atoms with Crippen molar-refractivity contribution in [3.05, 3.63) is 0 Å². The molecule has 0 rings (SSSR count). The van der Waals surface area contributed by atoms with Crippen molar-refractivity contribution in [3.63, 3.8) is 0 Å². The number of amides is 2. The third kappa shape index (κ3) is 6.06. The molecule has 0 aromatic carbocycles. The van der Waals surface area contributed by atoms with Gasteiger partial charge in [0.15, 0.2) is 0 Å². The van der Waals surface area contributed by atoms with E-state index in [1.54, 1.807) is 21.0 Å². The Morgan fingerprint density at radius 2 is 1.93 bits per heavy atom. The van der Waals surface area contributed by atoms with Gasteiger partial charge >= 0.3 is 0 Å². The molecular formula is C10H21N3O2. The largest absolute Gasteiger partial charge is 0.355 e. The highest BCUT2D eigenvalue weighted by molar-refractivity contribution is 5.83. The van der Waals surface area contributed by atoms with Crippen LogP contribution in [0.2, 0.25) is 0 Å². The van der Waals surface area contributed by atoms with E-state index in [4.69, 9.17) is 0 Å². The molecule has 0 saturated carbocycles. The SMILES string of the molecule is CCCNC(=O)CNC(C)C(=O)N(C)C. The maximum Gasteiger partial charge on any atom is 0.238 e. The van der Waals surface area contributed by atoms with Gasteiger partial charge in [0.1, 0.15) is 0 Å². The molecular weight excluding hydrogens is 194 g/mol. The van der Waals surface area contributed by atoms with Crippen LogP contribution in [0.25, 0.3) is 0 Å². The number of carbonyl (C=O) groups excluding carboxylic acids is 2. The van der Waals surface area contributed by atoms with Gasteiger partial charge in [-0.05, 0) is 13.3 Å². The predicted molar refractivity (Wildman–Crippen MR) is 59.5 cm³/mol. The number of hydrogen-bond donors (Lipinski definition) is 2. The molecule has 0 bridgehead atoms. The van der Waals surface area contributed by atoms with E-state index in [9.17, 15) is 9.59 Å². The minimum atomic E-state index is -0.327. The van der Waals surface area contributed by atoms with Gasteiger partial charge in [0, 0.05) is 20.6 Å². The van der Waals surface area contributed by atoms with Crippen LogP contribution in [0.3, 0.4) is 0 Å². The molecule has 5 heteroatoms. The van der Waals surface area contributed by atoms with Crippen LogP contribution >= 0.6 is 0 Å². The van der Waals surface area contributed by atoms with Crippen LogP contribution in [-0.2, 0) is 9.59 Å². The van der Waals surface area contributed by atoms with Crippen molar-refractivity contribution in [1.82, 2.24) is 15.5 Å². The Balaban J connectivity index is 3.75. The van der Waals surface area contributed by atoms with Crippen LogP contribution in [0.5, 0.6) is 0 Å².